The summed E-state index contributed by atoms with van der Waals surface area (Å²) < 4.78 is 9.88. The molecular formula is C10H14N4O4. The summed E-state index contributed by atoms with van der Waals surface area (Å²) in [6.45, 7) is 0. The quantitative estimate of drug-likeness (QED) is 0.191. The Morgan fingerprint density at radius 2 is 2.00 bits per heavy atom. The minimum atomic E-state index is -0.751. The Bertz CT molecular complexity index is 489. The maximum Gasteiger partial charge on any atom is 0.275 e. The van der Waals surface area contributed by atoms with Crippen molar-refractivity contribution in [2.24, 2.45) is 11.6 Å². The largest absolute Gasteiger partial charge is 0.504 e. The molecule has 1 rings (SSSR count). The van der Waals surface area contributed by atoms with Crippen molar-refractivity contribution in [3.8, 4) is 17.2 Å². The lowest BCUT2D eigenvalue weighted by atomic mass is 10.1. The number of rotatable bonds is 3. The van der Waals surface area contributed by atoms with Crippen LogP contribution in [0.3, 0.4) is 0 Å². The van der Waals surface area contributed by atoms with E-state index in [1.807, 2.05) is 0 Å². The van der Waals surface area contributed by atoms with Gasteiger partial charge in [0.2, 0.25) is 11.7 Å². The Kier molecular flexibility index (Phi) is 3.95. The lowest BCUT2D eigenvalue weighted by Gasteiger charge is -2.16. The second-order valence-electron chi connectivity index (χ2n) is 3.29. The van der Waals surface area contributed by atoms with E-state index in [2.05, 4.69) is 0 Å². The highest BCUT2D eigenvalue weighted by Crippen LogP contribution is 2.37. The van der Waals surface area contributed by atoms with Crippen LogP contribution < -0.4 is 21.1 Å². The number of carbonyl (C=O) groups is 1. The number of phenolic OH excluding ortho intramolecular Hbond substituents is 1. The summed E-state index contributed by atoms with van der Waals surface area (Å²) in [5, 5.41) is 17.2. The van der Waals surface area contributed by atoms with Crippen molar-refractivity contribution in [1.29, 1.82) is 5.41 Å². The minimum Gasteiger partial charge on any atom is -0.504 e. The van der Waals surface area contributed by atoms with E-state index in [1.54, 1.807) is 0 Å². The predicted octanol–water partition coefficient (Wildman–Crippen LogP) is -0.381. The van der Waals surface area contributed by atoms with E-state index >= 15 is 0 Å². The van der Waals surface area contributed by atoms with E-state index in [4.69, 9.17) is 26.5 Å². The van der Waals surface area contributed by atoms with Crippen LogP contribution in [-0.4, -0.2) is 36.2 Å². The van der Waals surface area contributed by atoms with Crippen LogP contribution >= 0.6 is 0 Å². The summed E-state index contributed by atoms with van der Waals surface area (Å²) in [7, 11) is 2.71. The van der Waals surface area contributed by atoms with Crippen molar-refractivity contribution in [1.82, 2.24) is 5.01 Å². The average Bonchev–Trinajstić information content (AvgIpc) is 2.35. The van der Waals surface area contributed by atoms with Gasteiger partial charge in [0, 0.05) is 5.56 Å². The Morgan fingerprint density at radius 3 is 2.44 bits per heavy atom. The summed E-state index contributed by atoms with van der Waals surface area (Å²) in [5.74, 6) is 3.90. The third-order valence-corrected chi connectivity index (χ3v) is 2.18. The third-order valence-electron chi connectivity index (χ3n) is 2.18. The van der Waals surface area contributed by atoms with Gasteiger partial charge in [-0.2, -0.15) is 0 Å². The monoisotopic (exact) mass is 254 g/mol. The lowest BCUT2D eigenvalue weighted by molar-refractivity contribution is 0.0844. The van der Waals surface area contributed by atoms with Gasteiger partial charge in [0.15, 0.2) is 11.5 Å². The topological polar surface area (TPSA) is 135 Å². The molecule has 1 aromatic rings. The molecule has 0 aliphatic heterocycles. The number of hydrogen-bond donors (Lipinski definition) is 4. The molecule has 1 amide bonds. The smallest absolute Gasteiger partial charge is 0.275 e. The van der Waals surface area contributed by atoms with Gasteiger partial charge in [0.05, 0.1) is 14.2 Å². The molecule has 0 unspecified atom stereocenters. The van der Waals surface area contributed by atoms with Crippen LogP contribution in [0.25, 0.3) is 0 Å². The van der Waals surface area contributed by atoms with Crippen LogP contribution in [0.2, 0.25) is 0 Å². The number of benzene rings is 1. The van der Waals surface area contributed by atoms with Crippen molar-refractivity contribution in [2.45, 2.75) is 0 Å². The standard InChI is InChI=1S/C10H14N4O4/c1-17-7-4-5(3-6(15)8(7)18-2)9(16)14(13)10(11)12/h3-4,15H,13H2,1-2H3,(H3,11,12). The fraction of sp³-hybridized carbons (Fsp3) is 0.200. The number of phenols is 1. The summed E-state index contributed by atoms with van der Waals surface area (Å²) in [6.07, 6.45) is 0. The van der Waals surface area contributed by atoms with E-state index in [0.717, 1.165) is 6.07 Å². The molecule has 6 N–H and O–H groups in total. The molecule has 0 aliphatic carbocycles. The first-order valence-corrected chi connectivity index (χ1v) is 4.80. The van der Waals surface area contributed by atoms with Crippen molar-refractivity contribution < 1.29 is 19.4 Å². The number of nitrogens with two attached hydrogens (primary N) is 2. The number of hydrogen-bond acceptors (Lipinski definition) is 6. The summed E-state index contributed by atoms with van der Waals surface area (Å²) in [6, 6.07) is 2.47. The molecule has 0 heterocycles. The van der Waals surface area contributed by atoms with Gasteiger partial charge in [-0.1, -0.05) is 0 Å². The first-order valence-electron chi connectivity index (χ1n) is 4.80. The summed E-state index contributed by atoms with van der Waals surface area (Å²) in [4.78, 5) is 11.8. The Morgan fingerprint density at radius 1 is 1.39 bits per heavy atom. The number of aromatic hydroxyl groups is 1. The molecule has 8 nitrogen and oxygen atoms in total. The van der Waals surface area contributed by atoms with Gasteiger partial charge in [-0.05, 0) is 12.1 Å². The zero-order chi connectivity index (χ0) is 13.9. The summed E-state index contributed by atoms with van der Waals surface area (Å²) in [5.41, 5.74) is 5.10. The number of ether oxygens (including phenoxy) is 2. The van der Waals surface area contributed by atoms with Crippen molar-refractivity contribution in [2.75, 3.05) is 14.2 Å². The number of guanidine groups is 1. The molecular weight excluding hydrogens is 240 g/mol. The Hall–Kier alpha value is -2.48. The van der Waals surface area contributed by atoms with Gasteiger partial charge in [-0.25, -0.2) is 10.9 Å². The molecule has 1 aromatic carbocycles. The normalized spacial score (nSPS) is 9.72. The molecule has 0 spiro atoms. The zero-order valence-electron chi connectivity index (χ0n) is 9.93. The van der Waals surface area contributed by atoms with Crippen LogP contribution in [0.4, 0.5) is 0 Å². The minimum absolute atomic E-state index is 0.0165. The molecule has 0 fully saturated rings. The number of nitrogens with one attached hydrogen (secondary N) is 1. The van der Waals surface area contributed by atoms with Crippen LogP contribution in [0.1, 0.15) is 10.4 Å². The van der Waals surface area contributed by atoms with Gasteiger partial charge < -0.3 is 20.3 Å². The van der Waals surface area contributed by atoms with Crippen LogP contribution in [0.15, 0.2) is 12.1 Å². The van der Waals surface area contributed by atoms with Crippen LogP contribution in [0.5, 0.6) is 17.2 Å². The highest BCUT2D eigenvalue weighted by Gasteiger charge is 2.20. The second-order valence-corrected chi connectivity index (χ2v) is 3.29. The Labute approximate surface area is 103 Å². The highest BCUT2D eigenvalue weighted by atomic mass is 16.5. The third kappa shape index (κ3) is 2.43. The highest BCUT2D eigenvalue weighted by molar-refractivity contribution is 6.04. The van der Waals surface area contributed by atoms with Gasteiger partial charge in [0.1, 0.15) is 0 Å². The van der Waals surface area contributed by atoms with Gasteiger partial charge in [-0.15, -0.1) is 0 Å². The molecule has 0 aliphatic rings. The maximum atomic E-state index is 11.8. The number of carbonyl (C=O) groups excluding carboxylic acids is 1. The second kappa shape index (κ2) is 5.23. The van der Waals surface area contributed by atoms with E-state index < -0.39 is 11.9 Å². The van der Waals surface area contributed by atoms with Gasteiger partial charge in [0.25, 0.3) is 5.91 Å². The zero-order valence-corrected chi connectivity index (χ0v) is 9.93. The first-order chi connectivity index (χ1) is 8.42. The molecule has 0 aromatic heterocycles. The van der Waals surface area contributed by atoms with Crippen LogP contribution in [-0.2, 0) is 0 Å². The number of nitrogens with zero attached hydrogens (tertiary/aromatic N) is 1. The molecule has 0 bridgehead atoms. The van der Waals surface area contributed by atoms with Crippen LogP contribution in [0, 0.1) is 5.41 Å². The molecule has 18 heavy (non-hydrogen) atoms. The van der Waals surface area contributed by atoms with E-state index in [9.17, 15) is 9.90 Å². The van der Waals surface area contributed by atoms with E-state index in [0.29, 0.717) is 5.01 Å². The van der Waals surface area contributed by atoms with Gasteiger partial charge in [-0.3, -0.25) is 10.2 Å². The molecule has 0 saturated carbocycles. The van der Waals surface area contributed by atoms with Crippen molar-refractivity contribution in [3.63, 3.8) is 0 Å². The first kappa shape index (κ1) is 13.6. The molecule has 0 saturated heterocycles. The molecule has 8 heteroatoms. The predicted molar refractivity (Wildman–Crippen MR) is 63.5 cm³/mol. The average molecular weight is 254 g/mol. The number of methoxy groups -OCH3 is 2. The van der Waals surface area contributed by atoms with Crippen molar-refractivity contribution >= 4 is 11.9 Å². The fourth-order valence-electron chi connectivity index (χ4n) is 1.32. The lowest BCUT2D eigenvalue weighted by Crippen LogP contribution is -2.46. The Balaban J connectivity index is 3.23. The molecule has 0 radical (unpaired) electrons. The SMILES string of the molecule is COc1cc(C(=O)N(N)C(=N)N)cc(O)c1OC. The van der Waals surface area contributed by atoms with Gasteiger partial charge >= 0.3 is 0 Å². The summed E-state index contributed by atoms with van der Waals surface area (Å²) >= 11 is 0. The van der Waals surface area contributed by atoms with Crippen molar-refractivity contribution in [3.05, 3.63) is 17.7 Å². The maximum absolute atomic E-state index is 11.8. The number of amides is 1. The molecule has 98 valence electrons. The van der Waals surface area contributed by atoms with E-state index in [-0.39, 0.29) is 22.8 Å². The fourth-order valence-corrected chi connectivity index (χ4v) is 1.32. The molecule has 0 atom stereocenters. The number of hydrazine groups is 1. The van der Waals surface area contributed by atoms with E-state index in [1.165, 1.54) is 20.3 Å².